The molecule has 0 spiro atoms. The summed E-state index contributed by atoms with van der Waals surface area (Å²) in [7, 11) is 2.15. The van der Waals surface area contributed by atoms with Crippen molar-refractivity contribution in [3.05, 3.63) is 0 Å². The average Bonchev–Trinajstić information content (AvgIpc) is 1.95. The van der Waals surface area contributed by atoms with Gasteiger partial charge in [-0.3, -0.25) is 0 Å². The van der Waals surface area contributed by atoms with E-state index in [1.54, 1.807) is 0 Å². The van der Waals surface area contributed by atoms with Crippen molar-refractivity contribution in [3.63, 3.8) is 0 Å². The molecule has 1 heterocycles. The van der Waals surface area contributed by atoms with Crippen LogP contribution in [0.25, 0.3) is 0 Å². The van der Waals surface area contributed by atoms with E-state index < -0.39 is 0 Å². The molecule has 0 aromatic rings. The van der Waals surface area contributed by atoms with Crippen molar-refractivity contribution in [2.75, 3.05) is 20.1 Å². The SMILES string of the molecule is CC1CN(C)CCC1N=C=S. The predicted molar refractivity (Wildman–Crippen MR) is 50.1 cm³/mol. The molecule has 1 fully saturated rings. The molecule has 62 valence electrons. The van der Waals surface area contributed by atoms with Gasteiger partial charge in [-0.25, -0.2) is 4.99 Å². The highest BCUT2D eigenvalue weighted by molar-refractivity contribution is 7.78. The summed E-state index contributed by atoms with van der Waals surface area (Å²) in [6, 6.07) is 0.420. The van der Waals surface area contributed by atoms with E-state index >= 15 is 0 Å². The summed E-state index contributed by atoms with van der Waals surface area (Å²) in [5, 5.41) is 2.47. The minimum absolute atomic E-state index is 0.420. The molecule has 1 aliphatic rings. The molecule has 1 aliphatic heterocycles. The molecule has 0 bridgehead atoms. The third kappa shape index (κ3) is 2.37. The van der Waals surface area contributed by atoms with Crippen LogP contribution in [-0.2, 0) is 0 Å². The van der Waals surface area contributed by atoms with Crippen LogP contribution in [0.15, 0.2) is 4.99 Å². The second-order valence-electron chi connectivity index (χ2n) is 3.32. The number of isothiocyanates is 1. The fraction of sp³-hybridized carbons (Fsp3) is 0.875. The molecule has 0 aromatic heterocycles. The monoisotopic (exact) mass is 170 g/mol. The van der Waals surface area contributed by atoms with Crippen molar-refractivity contribution in [1.29, 1.82) is 0 Å². The van der Waals surface area contributed by atoms with Crippen molar-refractivity contribution in [2.24, 2.45) is 10.9 Å². The molecule has 2 nitrogen and oxygen atoms in total. The molecule has 0 N–H and O–H groups in total. The molecule has 11 heavy (non-hydrogen) atoms. The fourth-order valence-corrected chi connectivity index (χ4v) is 1.74. The number of thiocarbonyl (C=S) groups is 1. The van der Waals surface area contributed by atoms with Crippen LogP contribution in [0.1, 0.15) is 13.3 Å². The maximum absolute atomic E-state index is 4.58. The number of hydrogen-bond acceptors (Lipinski definition) is 3. The Bertz CT molecular complexity index is 175. The van der Waals surface area contributed by atoms with E-state index in [0.717, 1.165) is 19.5 Å². The Hall–Kier alpha value is -0.240. The van der Waals surface area contributed by atoms with E-state index in [-0.39, 0.29) is 0 Å². The van der Waals surface area contributed by atoms with Crippen LogP contribution in [0.3, 0.4) is 0 Å². The second kappa shape index (κ2) is 3.96. The second-order valence-corrected chi connectivity index (χ2v) is 3.50. The first-order valence-electron chi connectivity index (χ1n) is 3.99. The van der Waals surface area contributed by atoms with Gasteiger partial charge in [0.25, 0.3) is 0 Å². The molecular weight excluding hydrogens is 156 g/mol. The van der Waals surface area contributed by atoms with E-state index in [1.165, 1.54) is 0 Å². The van der Waals surface area contributed by atoms with Gasteiger partial charge < -0.3 is 4.90 Å². The number of likely N-dealkylation sites (tertiary alicyclic amines) is 1. The van der Waals surface area contributed by atoms with Gasteiger partial charge in [-0.15, -0.1) is 0 Å². The molecule has 0 saturated carbocycles. The van der Waals surface area contributed by atoms with Crippen molar-refractivity contribution in [1.82, 2.24) is 4.90 Å². The van der Waals surface area contributed by atoms with Crippen molar-refractivity contribution in [3.8, 4) is 0 Å². The van der Waals surface area contributed by atoms with Crippen LogP contribution in [0, 0.1) is 5.92 Å². The molecule has 2 unspecified atom stereocenters. The Labute approximate surface area is 73.3 Å². The zero-order valence-electron chi connectivity index (χ0n) is 7.08. The lowest BCUT2D eigenvalue weighted by Gasteiger charge is -2.31. The van der Waals surface area contributed by atoms with E-state index in [0.29, 0.717) is 12.0 Å². The van der Waals surface area contributed by atoms with Gasteiger partial charge in [-0.05, 0) is 38.1 Å². The lowest BCUT2D eigenvalue weighted by molar-refractivity contribution is 0.199. The minimum atomic E-state index is 0.420. The molecule has 1 rings (SSSR count). The molecule has 3 heteroatoms. The van der Waals surface area contributed by atoms with Gasteiger partial charge in [-0.2, -0.15) is 0 Å². The highest BCUT2D eigenvalue weighted by Gasteiger charge is 2.22. The Balaban J connectivity index is 2.50. The molecular formula is C8H14N2S. The van der Waals surface area contributed by atoms with Gasteiger partial charge >= 0.3 is 0 Å². The van der Waals surface area contributed by atoms with Crippen LogP contribution in [-0.4, -0.2) is 36.2 Å². The zero-order valence-corrected chi connectivity index (χ0v) is 7.90. The summed E-state index contributed by atoms with van der Waals surface area (Å²) in [4.78, 5) is 6.47. The van der Waals surface area contributed by atoms with E-state index in [4.69, 9.17) is 0 Å². The number of nitrogens with zero attached hydrogens (tertiary/aromatic N) is 2. The molecule has 0 amide bonds. The quantitative estimate of drug-likeness (QED) is 0.437. The summed E-state index contributed by atoms with van der Waals surface area (Å²) < 4.78 is 0. The van der Waals surface area contributed by atoms with Gasteiger partial charge in [0.2, 0.25) is 0 Å². The van der Waals surface area contributed by atoms with Gasteiger partial charge in [0.05, 0.1) is 11.2 Å². The molecule has 1 saturated heterocycles. The van der Waals surface area contributed by atoms with Crippen molar-refractivity contribution in [2.45, 2.75) is 19.4 Å². The Morgan fingerprint density at radius 2 is 2.36 bits per heavy atom. The van der Waals surface area contributed by atoms with Crippen LogP contribution in [0.5, 0.6) is 0 Å². The number of rotatable bonds is 1. The topological polar surface area (TPSA) is 15.6 Å². The third-order valence-corrected chi connectivity index (χ3v) is 2.39. The first kappa shape index (κ1) is 8.85. The molecule has 0 aromatic carbocycles. The molecule has 0 aliphatic carbocycles. The summed E-state index contributed by atoms with van der Waals surface area (Å²) in [6.07, 6.45) is 1.13. The standard InChI is InChI=1S/C8H14N2S/c1-7-5-10(2)4-3-8(7)9-6-11/h7-8H,3-5H2,1-2H3. The van der Waals surface area contributed by atoms with Crippen LogP contribution >= 0.6 is 12.2 Å². The lowest BCUT2D eigenvalue weighted by atomic mass is 9.95. The maximum Gasteiger partial charge on any atom is 0.0652 e. The van der Waals surface area contributed by atoms with Crippen LogP contribution < -0.4 is 0 Å². The summed E-state index contributed by atoms with van der Waals surface area (Å²) in [5.41, 5.74) is 0. The first-order valence-corrected chi connectivity index (χ1v) is 4.40. The third-order valence-electron chi connectivity index (χ3n) is 2.28. The van der Waals surface area contributed by atoms with E-state index in [1.807, 2.05) is 0 Å². The van der Waals surface area contributed by atoms with Gasteiger partial charge in [0.1, 0.15) is 0 Å². The number of hydrogen-bond donors (Lipinski definition) is 0. The van der Waals surface area contributed by atoms with Gasteiger partial charge in [0.15, 0.2) is 0 Å². The summed E-state index contributed by atoms with van der Waals surface area (Å²) in [5.74, 6) is 0.629. The normalized spacial score (nSPS) is 32.9. The smallest absolute Gasteiger partial charge is 0.0652 e. The Morgan fingerprint density at radius 3 is 2.91 bits per heavy atom. The maximum atomic E-state index is 4.58. The predicted octanol–water partition coefficient (Wildman–Crippen LogP) is 1.43. The highest BCUT2D eigenvalue weighted by atomic mass is 32.1. The Morgan fingerprint density at radius 1 is 1.64 bits per heavy atom. The van der Waals surface area contributed by atoms with Crippen LogP contribution in [0.4, 0.5) is 0 Å². The number of aliphatic imine (C=N–C) groups is 1. The Kier molecular flexibility index (Phi) is 3.18. The minimum Gasteiger partial charge on any atom is -0.306 e. The zero-order chi connectivity index (χ0) is 8.27. The summed E-state index contributed by atoms with van der Waals surface area (Å²) in [6.45, 7) is 4.48. The first-order chi connectivity index (χ1) is 5.24. The number of piperidine rings is 1. The molecule has 0 radical (unpaired) electrons. The van der Waals surface area contributed by atoms with E-state index in [9.17, 15) is 0 Å². The summed E-state index contributed by atoms with van der Waals surface area (Å²) >= 11 is 4.58. The van der Waals surface area contributed by atoms with Gasteiger partial charge in [0, 0.05) is 6.54 Å². The molecule has 2 atom stereocenters. The lowest BCUT2D eigenvalue weighted by Crippen LogP contribution is -2.38. The van der Waals surface area contributed by atoms with E-state index in [2.05, 4.69) is 41.2 Å². The fourth-order valence-electron chi connectivity index (χ4n) is 1.60. The van der Waals surface area contributed by atoms with Gasteiger partial charge in [-0.1, -0.05) is 6.92 Å². The highest BCUT2D eigenvalue weighted by Crippen LogP contribution is 2.17. The van der Waals surface area contributed by atoms with Crippen molar-refractivity contribution >= 4 is 17.4 Å². The average molecular weight is 170 g/mol. The van der Waals surface area contributed by atoms with Crippen molar-refractivity contribution < 1.29 is 0 Å². The van der Waals surface area contributed by atoms with Crippen LogP contribution in [0.2, 0.25) is 0 Å². The largest absolute Gasteiger partial charge is 0.306 e.